The van der Waals surface area contributed by atoms with Crippen molar-refractivity contribution in [3.8, 4) is 11.4 Å². The number of nitrogens with two attached hydrogens (primary N) is 1. The van der Waals surface area contributed by atoms with Crippen LogP contribution in [0.3, 0.4) is 0 Å². The summed E-state index contributed by atoms with van der Waals surface area (Å²) in [6.45, 7) is 8.36. The minimum Gasteiger partial charge on any atom is -0.366 e. The van der Waals surface area contributed by atoms with Crippen LogP contribution in [-0.4, -0.2) is 50.0 Å². The average Bonchev–Trinajstić information content (AvgIpc) is 3.32. The number of likely N-dealkylation sites (N-methyl/N-ethyl adjacent to an activating group) is 1. The lowest BCUT2D eigenvalue weighted by atomic mass is 10.2. The number of H-pyrrole nitrogens is 1. The number of nitrogens with zero attached hydrogens (tertiary/aromatic N) is 4. The number of aromatic amines is 1. The molecular weight excluding hydrogens is 388 g/mol. The van der Waals surface area contributed by atoms with E-state index in [0.29, 0.717) is 16.9 Å². The monoisotopic (exact) mass is 412 g/mol. The predicted molar refractivity (Wildman–Crippen MR) is 118 cm³/mol. The number of benzene rings is 2. The molecule has 0 aliphatic rings. The van der Waals surface area contributed by atoms with Gasteiger partial charge in [-0.2, -0.15) is 0 Å². The number of hydrogen-bond donors (Lipinski definition) is 2. The fraction of sp³-hybridized carbons (Fsp3) is 0.286. The van der Waals surface area contributed by atoms with Crippen molar-refractivity contribution in [2.75, 3.05) is 19.6 Å². The first-order chi connectivity index (χ1) is 13.6. The van der Waals surface area contributed by atoms with Gasteiger partial charge in [0.2, 0.25) is 0 Å². The van der Waals surface area contributed by atoms with Crippen LogP contribution in [0.25, 0.3) is 33.5 Å². The molecule has 2 aromatic carbocycles. The summed E-state index contributed by atoms with van der Waals surface area (Å²) >= 11 is 0. The van der Waals surface area contributed by atoms with Crippen molar-refractivity contribution in [3.05, 3.63) is 48.3 Å². The Bertz CT molecular complexity index is 1140. The van der Waals surface area contributed by atoms with Crippen LogP contribution in [0, 0.1) is 0 Å². The van der Waals surface area contributed by atoms with Gasteiger partial charge in [-0.25, -0.2) is 9.97 Å². The van der Waals surface area contributed by atoms with Crippen molar-refractivity contribution in [3.63, 3.8) is 0 Å². The molecule has 0 unspecified atom stereocenters. The Labute approximate surface area is 175 Å². The van der Waals surface area contributed by atoms with Gasteiger partial charge in [0.15, 0.2) is 0 Å². The van der Waals surface area contributed by atoms with E-state index in [-0.39, 0.29) is 12.4 Å². The Morgan fingerprint density at radius 1 is 1.21 bits per heavy atom. The molecule has 152 valence electrons. The number of para-hydroxylation sites is 1. The summed E-state index contributed by atoms with van der Waals surface area (Å²) in [5.74, 6) is 0.217. The Hall–Kier alpha value is -2.90. The van der Waals surface area contributed by atoms with Crippen LogP contribution < -0.4 is 5.73 Å². The lowest BCUT2D eigenvalue weighted by Crippen LogP contribution is -2.26. The molecule has 2 aromatic heterocycles. The molecule has 0 bridgehead atoms. The average molecular weight is 413 g/mol. The Morgan fingerprint density at radius 3 is 2.72 bits per heavy atom. The third kappa shape index (κ3) is 3.97. The van der Waals surface area contributed by atoms with Crippen molar-refractivity contribution in [1.82, 2.24) is 24.4 Å². The number of carbonyl (C=O) groups is 1. The number of imidazole rings is 2. The highest BCUT2D eigenvalue weighted by Gasteiger charge is 2.13. The maximum absolute atomic E-state index is 11.6. The van der Waals surface area contributed by atoms with E-state index in [1.165, 1.54) is 0 Å². The third-order valence-electron chi connectivity index (χ3n) is 5.22. The van der Waals surface area contributed by atoms with E-state index in [1.54, 1.807) is 12.1 Å². The molecule has 1 amide bonds. The molecule has 7 nitrogen and oxygen atoms in total. The molecule has 0 radical (unpaired) electrons. The zero-order valence-electron chi connectivity index (χ0n) is 16.6. The van der Waals surface area contributed by atoms with E-state index in [2.05, 4.69) is 44.3 Å². The largest absolute Gasteiger partial charge is 0.366 e. The molecule has 4 rings (SSSR count). The molecule has 0 spiro atoms. The fourth-order valence-electron chi connectivity index (χ4n) is 3.55. The lowest BCUT2D eigenvalue weighted by Gasteiger charge is -2.18. The van der Waals surface area contributed by atoms with Gasteiger partial charge in [-0.3, -0.25) is 4.79 Å². The zero-order valence-corrected chi connectivity index (χ0v) is 17.4. The second kappa shape index (κ2) is 8.63. The highest BCUT2D eigenvalue weighted by molar-refractivity contribution is 6.04. The van der Waals surface area contributed by atoms with E-state index >= 15 is 0 Å². The minimum absolute atomic E-state index is 0. The molecule has 2 heterocycles. The first-order valence-corrected chi connectivity index (χ1v) is 9.56. The van der Waals surface area contributed by atoms with Gasteiger partial charge in [0.05, 0.1) is 28.4 Å². The van der Waals surface area contributed by atoms with Crippen molar-refractivity contribution in [2.24, 2.45) is 5.73 Å². The summed E-state index contributed by atoms with van der Waals surface area (Å²) in [7, 11) is 0. The second-order valence-electron chi connectivity index (χ2n) is 6.82. The Balaban J connectivity index is 0.00000240. The van der Waals surface area contributed by atoms with Crippen LogP contribution in [0.4, 0.5) is 0 Å². The van der Waals surface area contributed by atoms with E-state index in [4.69, 9.17) is 5.73 Å². The molecular formula is C21H25ClN6O. The zero-order chi connectivity index (χ0) is 19.7. The second-order valence-corrected chi connectivity index (χ2v) is 6.82. The van der Waals surface area contributed by atoms with Crippen LogP contribution in [0.5, 0.6) is 0 Å². The van der Waals surface area contributed by atoms with E-state index < -0.39 is 5.91 Å². The predicted octanol–water partition coefficient (Wildman–Crippen LogP) is 3.44. The lowest BCUT2D eigenvalue weighted by molar-refractivity contribution is 0.100. The van der Waals surface area contributed by atoms with Crippen LogP contribution >= 0.6 is 12.4 Å². The topological polar surface area (TPSA) is 92.8 Å². The van der Waals surface area contributed by atoms with E-state index in [9.17, 15) is 4.79 Å². The molecule has 3 N–H and O–H groups in total. The molecule has 0 saturated heterocycles. The Morgan fingerprint density at radius 2 is 2.00 bits per heavy atom. The summed E-state index contributed by atoms with van der Waals surface area (Å²) < 4.78 is 2.18. The van der Waals surface area contributed by atoms with Gasteiger partial charge in [-0.1, -0.05) is 19.9 Å². The molecule has 29 heavy (non-hydrogen) atoms. The van der Waals surface area contributed by atoms with E-state index in [1.807, 2.05) is 24.5 Å². The standard InChI is InChI=1S/C21H24N6O.ClH/c1-3-26(4-2)10-11-27-13-23-17-12-14(8-9-18(17)27)21-24-16-7-5-6-15(20(22)28)19(16)25-21;/h5-9,12-13H,3-4,10-11H2,1-2H3,(H2,22,28)(H,24,25);1H. The Kier molecular flexibility index (Phi) is 6.20. The number of hydrogen-bond acceptors (Lipinski definition) is 4. The SMILES string of the molecule is CCN(CC)CCn1cnc2cc(-c3nc4c(C(N)=O)cccc4[nH]3)ccc21.Cl. The number of halogens is 1. The molecule has 0 aliphatic carbocycles. The summed E-state index contributed by atoms with van der Waals surface area (Å²) in [5, 5.41) is 0. The summed E-state index contributed by atoms with van der Waals surface area (Å²) in [5.41, 5.74) is 10.2. The number of rotatable bonds is 7. The van der Waals surface area contributed by atoms with E-state index in [0.717, 1.165) is 48.3 Å². The molecule has 8 heteroatoms. The quantitative estimate of drug-likeness (QED) is 0.486. The van der Waals surface area contributed by atoms with Gasteiger partial charge < -0.3 is 20.2 Å². The molecule has 0 saturated carbocycles. The van der Waals surface area contributed by atoms with Crippen molar-refractivity contribution in [2.45, 2.75) is 20.4 Å². The van der Waals surface area contributed by atoms with Gasteiger partial charge in [0, 0.05) is 18.7 Å². The van der Waals surface area contributed by atoms with Crippen LogP contribution in [-0.2, 0) is 6.54 Å². The summed E-state index contributed by atoms with van der Waals surface area (Å²) in [4.78, 5) is 26.5. The number of nitrogens with one attached hydrogen (secondary N) is 1. The molecule has 4 aromatic rings. The van der Waals surface area contributed by atoms with Crippen LogP contribution in [0.15, 0.2) is 42.7 Å². The highest BCUT2D eigenvalue weighted by Crippen LogP contribution is 2.25. The highest BCUT2D eigenvalue weighted by atomic mass is 35.5. The van der Waals surface area contributed by atoms with Crippen molar-refractivity contribution >= 4 is 40.4 Å². The summed E-state index contributed by atoms with van der Waals surface area (Å²) in [6.07, 6.45) is 1.89. The first kappa shape index (κ1) is 20.8. The van der Waals surface area contributed by atoms with Gasteiger partial charge in [-0.15, -0.1) is 12.4 Å². The normalized spacial score (nSPS) is 11.3. The van der Waals surface area contributed by atoms with Gasteiger partial charge in [0.1, 0.15) is 11.3 Å². The maximum atomic E-state index is 11.6. The van der Waals surface area contributed by atoms with Gasteiger partial charge in [0.25, 0.3) is 5.91 Å². The number of primary amides is 1. The minimum atomic E-state index is -0.481. The number of fused-ring (bicyclic) bond motifs is 2. The number of carbonyl (C=O) groups excluding carboxylic acids is 1. The molecule has 0 atom stereocenters. The number of aromatic nitrogens is 4. The fourth-order valence-corrected chi connectivity index (χ4v) is 3.55. The third-order valence-corrected chi connectivity index (χ3v) is 5.22. The van der Waals surface area contributed by atoms with Crippen LogP contribution in [0.1, 0.15) is 24.2 Å². The molecule has 0 fully saturated rings. The number of amides is 1. The van der Waals surface area contributed by atoms with Crippen molar-refractivity contribution < 1.29 is 4.79 Å². The first-order valence-electron chi connectivity index (χ1n) is 9.56. The maximum Gasteiger partial charge on any atom is 0.250 e. The van der Waals surface area contributed by atoms with Gasteiger partial charge in [-0.05, 0) is 43.4 Å². The van der Waals surface area contributed by atoms with Gasteiger partial charge >= 0.3 is 0 Å². The molecule has 0 aliphatic heterocycles. The smallest absolute Gasteiger partial charge is 0.250 e. The summed E-state index contributed by atoms with van der Waals surface area (Å²) in [6, 6.07) is 11.5. The van der Waals surface area contributed by atoms with Crippen molar-refractivity contribution in [1.29, 1.82) is 0 Å². The van der Waals surface area contributed by atoms with Crippen LogP contribution in [0.2, 0.25) is 0 Å².